The Morgan fingerprint density at radius 2 is 2.06 bits per heavy atom. The van der Waals surface area contributed by atoms with Crippen LogP contribution in [0, 0.1) is 28.6 Å². The van der Waals surface area contributed by atoms with Crippen molar-refractivity contribution in [3.63, 3.8) is 0 Å². The van der Waals surface area contributed by atoms with E-state index in [1.807, 2.05) is 36.4 Å². The largest absolute Gasteiger partial charge is 0.480 e. The van der Waals surface area contributed by atoms with E-state index in [1.165, 1.54) is 4.90 Å². The van der Waals surface area contributed by atoms with Crippen molar-refractivity contribution >= 4 is 22.6 Å². The number of fused-ring (bicyclic) bond motifs is 2. The first kappa shape index (κ1) is 21.7. The smallest absolute Gasteiger partial charge is 0.265 e. The summed E-state index contributed by atoms with van der Waals surface area (Å²) in [6, 6.07) is 15.9. The van der Waals surface area contributed by atoms with Gasteiger partial charge in [-0.05, 0) is 43.2 Å². The van der Waals surface area contributed by atoms with Gasteiger partial charge in [0.25, 0.3) is 5.91 Å². The second-order valence-corrected chi connectivity index (χ2v) is 9.17. The first-order valence-electron chi connectivity index (χ1n) is 11.5. The quantitative estimate of drug-likeness (QED) is 0.437. The summed E-state index contributed by atoms with van der Waals surface area (Å²) in [6.45, 7) is -0.00731. The number of rotatable bonds is 4. The van der Waals surface area contributed by atoms with Gasteiger partial charge in [0.1, 0.15) is 5.69 Å². The third-order valence-corrected chi connectivity index (χ3v) is 6.93. The summed E-state index contributed by atoms with van der Waals surface area (Å²) in [5.74, 6) is 0.769. The molecule has 4 aromatic rings. The van der Waals surface area contributed by atoms with Crippen molar-refractivity contribution < 1.29 is 9.53 Å². The maximum absolute atomic E-state index is 12.1. The first-order valence-corrected chi connectivity index (χ1v) is 11.5. The summed E-state index contributed by atoms with van der Waals surface area (Å²) in [4.78, 5) is 24.5. The molecule has 0 atom stereocenters. The maximum Gasteiger partial charge on any atom is 0.265 e. The lowest BCUT2D eigenvalue weighted by atomic mass is 9.68. The van der Waals surface area contributed by atoms with Crippen LogP contribution in [0.3, 0.4) is 0 Å². The summed E-state index contributed by atoms with van der Waals surface area (Å²) < 4.78 is 5.52. The number of ether oxygens (including phenoxy) is 1. The number of aromatic nitrogens is 5. The van der Waals surface area contributed by atoms with Gasteiger partial charge in [-0.15, -0.1) is 0 Å². The Kier molecular flexibility index (Phi) is 4.90. The normalized spacial score (nSPS) is 20.7. The fourth-order valence-electron chi connectivity index (χ4n) is 4.94. The van der Waals surface area contributed by atoms with Crippen LogP contribution in [0.5, 0.6) is 5.75 Å². The standard InChI is InChI=1S/C26H20N8O2/c1-33-24(35)15-36-23-5-4-20(31-25(23)33)17-9-19(18-3-2-8-29-21(18)10-17)22-14-30-34(32-22)26(6-7-27)11-16(12-26)13-28/h2-5,8-10,14,16H,6,11-12,15H2,1H3/t16-,26-. The zero-order valence-electron chi connectivity index (χ0n) is 19.4. The fourth-order valence-corrected chi connectivity index (χ4v) is 4.94. The molecule has 176 valence electrons. The minimum absolute atomic E-state index is 0.00731. The molecular formula is C26H20N8O2. The number of carbonyl (C=O) groups excluding carboxylic acids is 1. The Labute approximate surface area is 206 Å². The number of carbonyl (C=O) groups is 1. The molecule has 1 fully saturated rings. The molecule has 4 heterocycles. The van der Waals surface area contributed by atoms with E-state index in [2.05, 4.69) is 22.2 Å². The van der Waals surface area contributed by atoms with Gasteiger partial charge in [0.05, 0.1) is 47.4 Å². The highest BCUT2D eigenvalue weighted by molar-refractivity contribution is 5.98. The lowest BCUT2D eigenvalue weighted by molar-refractivity contribution is -0.121. The number of anilines is 1. The lowest BCUT2D eigenvalue weighted by Gasteiger charge is -2.42. The van der Waals surface area contributed by atoms with Crippen LogP contribution in [0.1, 0.15) is 19.3 Å². The second kappa shape index (κ2) is 8.14. The summed E-state index contributed by atoms with van der Waals surface area (Å²) >= 11 is 0. The van der Waals surface area contributed by atoms with Crippen LogP contribution in [-0.4, -0.2) is 44.5 Å². The Hall–Kier alpha value is -4.83. The van der Waals surface area contributed by atoms with Crippen LogP contribution < -0.4 is 9.64 Å². The minimum Gasteiger partial charge on any atom is -0.480 e. The number of likely N-dealkylation sites (N-methyl/N-ethyl adjacent to an activating group) is 1. The van der Waals surface area contributed by atoms with E-state index in [9.17, 15) is 15.3 Å². The number of pyridine rings is 2. The third kappa shape index (κ3) is 3.35. The van der Waals surface area contributed by atoms with Gasteiger partial charge in [-0.3, -0.25) is 14.7 Å². The Balaban J connectivity index is 1.45. The van der Waals surface area contributed by atoms with E-state index >= 15 is 0 Å². The highest BCUT2D eigenvalue weighted by Gasteiger charge is 2.48. The second-order valence-electron chi connectivity index (χ2n) is 9.17. The van der Waals surface area contributed by atoms with Crippen molar-refractivity contribution in [3.8, 4) is 40.4 Å². The average molecular weight is 477 g/mol. The topological polar surface area (TPSA) is 134 Å². The highest BCUT2D eigenvalue weighted by atomic mass is 16.5. The first-order chi connectivity index (χ1) is 17.5. The van der Waals surface area contributed by atoms with Crippen LogP contribution in [0.2, 0.25) is 0 Å². The maximum atomic E-state index is 12.1. The van der Waals surface area contributed by atoms with E-state index in [-0.39, 0.29) is 24.9 Å². The lowest BCUT2D eigenvalue weighted by Crippen LogP contribution is -2.47. The molecule has 0 saturated heterocycles. The van der Waals surface area contributed by atoms with Crippen molar-refractivity contribution in [2.45, 2.75) is 24.8 Å². The zero-order valence-corrected chi connectivity index (χ0v) is 19.4. The summed E-state index contributed by atoms with van der Waals surface area (Å²) in [5, 5.41) is 28.8. The Morgan fingerprint density at radius 1 is 1.19 bits per heavy atom. The third-order valence-electron chi connectivity index (χ3n) is 6.93. The molecule has 0 N–H and O–H groups in total. The van der Waals surface area contributed by atoms with Crippen molar-refractivity contribution in [1.82, 2.24) is 25.0 Å². The molecule has 2 aliphatic rings. The molecule has 0 unspecified atom stereocenters. The number of nitriles is 2. The molecule has 1 aromatic carbocycles. The van der Waals surface area contributed by atoms with Crippen LogP contribution in [0.25, 0.3) is 33.4 Å². The van der Waals surface area contributed by atoms with Gasteiger partial charge >= 0.3 is 0 Å². The van der Waals surface area contributed by atoms with Gasteiger partial charge < -0.3 is 4.74 Å². The molecule has 36 heavy (non-hydrogen) atoms. The molecule has 10 nitrogen and oxygen atoms in total. The van der Waals surface area contributed by atoms with Crippen molar-refractivity contribution in [2.75, 3.05) is 18.6 Å². The zero-order chi connectivity index (χ0) is 24.9. The van der Waals surface area contributed by atoms with E-state index < -0.39 is 5.54 Å². The van der Waals surface area contributed by atoms with E-state index in [4.69, 9.17) is 14.8 Å². The minimum atomic E-state index is -0.559. The predicted molar refractivity (Wildman–Crippen MR) is 129 cm³/mol. The van der Waals surface area contributed by atoms with E-state index in [0.29, 0.717) is 35.8 Å². The number of amides is 1. The van der Waals surface area contributed by atoms with E-state index in [0.717, 1.165) is 22.0 Å². The van der Waals surface area contributed by atoms with Crippen molar-refractivity contribution in [1.29, 1.82) is 10.5 Å². The molecule has 3 aromatic heterocycles. The van der Waals surface area contributed by atoms with Gasteiger partial charge in [-0.1, -0.05) is 6.07 Å². The SMILES string of the molecule is CN1C(=O)COc2ccc(-c3cc(-c4cnn([C@]5(CC#N)C[C@@H](C#N)C5)n4)c4cccnc4c3)nc21. The van der Waals surface area contributed by atoms with Crippen LogP contribution in [0.15, 0.2) is 48.8 Å². The summed E-state index contributed by atoms with van der Waals surface area (Å²) in [6.07, 6.45) is 4.77. The molecule has 6 rings (SSSR count). The van der Waals surface area contributed by atoms with Crippen molar-refractivity contribution in [2.24, 2.45) is 5.92 Å². The highest BCUT2D eigenvalue weighted by Crippen LogP contribution is 2.45. The summed E-state index contributed by atoms with van der Waals surface area (Å²) in [7, 11) is 1.68. The van der Waals surface area contributed by atoms with Crippen LogP contribution >= 0.6 is 0 Å². The molecule has 0 radical (unpaired) electrons. The van der Waals surface area contributed by atoms with Gasteiger partial charge in [0.2, 0.25) is 0 Å². The van der Waals surface area contributed by atoms with Gasteiger partial charge in [0, 0.05) is 29.8 Å². The molecule has 1 aliphatic heterocycles. The number of nitrogens with zero attached hydrogens (tertiary/aromatic N) is 8. The van der Waals surface area contributed by atoms with E-state index in [1.54, 1.807) is 24.2 Å². The molecule has 1 saturated carbocycles. The van der Waals surface area contributed by atoms with Crippen molar-refractivity contribution in [3.05, 3.63) is 48.8 Å². The summed E-state index contributed by atoms with van der Waals surface area (Å²) in [5.41, 5.74) is 3.14. The molecule has 1 aliphatic carbocycles. The molecule has 0 spiro atoms. The molecular weight excluding hydrogens is 456 g/mol. The van der Waals surface area contributed by atoms with Crippen LogP contribution in [-0.2, 0) is 10.3 Å². The van der Waals surface area contributed by atoms with Gasteiger partial charge in [0.15, 0.2) is 18.2 Å². The predicted octanol–water partition coefficient (Wildman–Crippen LogP) is 3.45. The molecule has 1 amide bonds. The van der Waals surface area contributed by atoms with Crippen LogP contribution in [0.4, 0.5) is 5.82 Å². The average Bonchev–Trinajstić information content (AvgIpc) is 3.38. The molecule has 10 heteroatoms. The number of hydrogen-bond donors (Lipinski definition) is 0. The van der Waals surface area contributed by atoms with Gasteiger partial charge in [-0.25, -0.2) is 4.98 Å². The monoisotopic (exact) mass is 476 g/mol. The Morgan fingerprint density at radius 3 is 2.86 bits per heavy atom. The molecule has 0 bridgehead atoms. The van der Waals surface area contributed by atoms with Gasteiger partial charge in [-0.2, -0.15) is 25.5 Å². The number of benzene rings is 1. The fraction of sp³-hybridized carbons (Fsp3) is 0.269. The number of hydrogen-bond acceptors (Lipinski definition) is 8. The Bertz CT molecular complexity index is 1610.